The number of hydrogen-bond acceptors (Lipinski definition) is 8. The molecule has 1 aliphatic carbocycles. The first-order valence-corrected chi connectivity index (χ1v) is 16.7. The maximum atomic E-state index is 15.0. The van der Waals surface area contributed by atoms with E-state index in [1.165, 1.54) is 35.6 Å². The minimum atomic E-state index is -4.27. The lowest BCUT2D eigenvalue weighted by molar-refractivity contribution is 0.0520. The van der Waals surface area contributed by atoms with Crippen molar-refractivity contribution >= 4 is 33.2 Å². The topological polar surface area (TPSA) is 146 Å². The van der Waals surface area contributed by atoms with Crippen molar-refractivity contribution in [1.29, 1.82) is 0 Å². The number of nitrogens with one attached hydrogen (secondary N) is 1. The predicted octanol–water partition coefficient (Wildman–Crippen LogP) is 5.17. The van der Waals surface area contributed by atoms with Crippen molar-refractivity contribution in [1.82, 2.24) is 20.1 Å². The van der Waals surface area contributed by atoms with Crippen LogP contribution in [0.5, 0.6) is 0 Å². The van der Waals surface area contributed by atoms with Crippen LogP contribution >= 0.6 is 11.3 Å². The van der Waals surface area contributed by atoms with Crippen molar-refractivity contribution in [2.45, 2.75) is 63.8 Å². The minimum absolute atomic E-state index is 0.121. The van der Waals surface area contributed by atoms with Gasteiger partial charge in [-0.25, -0.2) is 36.8 Å². The Kier molecular flexibility index (Phi) is 8.93. The Hall–Kier alpha value is -4.01. The molecular formula is C31H33F2N5O5S2. The first-order chi connectivity index (χ1) is 21.1. The smallest absolute Gasteiger partial charge is 0.357 e. The van der Waals surface area contributed by atoms with E-state index in [2.05, 4.69) is 10.3 Å². The van der Waals surface area contributed by atoms with Crippen LogP contribution in [0, 0.1) is 17.6 Å². The van der Waals surface area contributed by atoms with Crippen LogP contribution in [0.3, 0.4) is 0 Å². The summed E-state index contributed by atoms with van der Waals surface area (Å²) in [6.45, 7) is 7.24. The number of benzene rings is 2. The van der Waals surface area contributed by atoms with Gasteiger partial charge >= 0.3 is 5.97 Å². The number of thiazole rings is 1. The van der Waals surface area contributed by atoms with Crippen LogP contribution in [0.4, 0.5) is 8.78 Å². The van der Waals surface area contributed by atoms with E-state index in [-0.39, 0.29) is 24.3 Å². The third-order valence-electron chi connectivity index (χ3n) is 7.08. The molecule has 0 bridgehead atoms. The van der Waals surface area contributed by atoms with E-state index < -0.39 is 44.0 Å². The average Bonchev–Trinajstić information content (AvgIpc) is 3.50. The standard InChI is InChI=1S/C31H33F2N5O5S2/c1-5-43-29(40)24-16-44-30(35-24)38-25(14-17-6-7-17)21(12-18-8-11-26(23(33)13-18)45(34,41)42)27(37-38)19-9-10-22(32)20(15-19)28(39)36-31(2,3)4/h8-11,13,15-17H,5-7,12,14H2,1-4H3,(H,36,39)(H2,34,41,42). The van der Waals surface area contributed by atoms with Gasteiger partial charge in [-0.15, -0.1) is 11.3 Å². The van der Waals surface area contributed by atoms with Crippen molar-refractivity contribution in [3.05, 3.63) is 81.5 Å². The molecule has 2 aromatic heterocycles. The summed E-state index contributed by atoms with van der Waals surface area (Å²) in [7, 11) is -4.27. The zero-order valence-electron chi connectivity index (χ0n) is 25.2. The van der Waals surface area contributed by atoms with Gasteiger partial charge in [0.15, 0.2) is 5.69 Å². The van der Waals surface area contributed by atoms with E-state index in [0.29, 0.717) is 39.9 Å². The summed E-state index contributed by atoms with van der Waals surface area (Å²) in [5.74, 6) is -2.51. The van der Waals surface area contributed by atoms with E-state index in [1.54, 1.807) is 37.8 Å². The molecule has 4 aromatic rings. The van der Waals surface area contributed by atoms with Crippen LogP contribution in [-0.4, -0.2) is 47.2 Å². The number of aromatic nitrogens is 3. The summed E-state index contributed by atoms with van der Waals surface area (Å²) in [6.07, 6.45) is 2.71. The lowest BCUT2D eigenvalue weighted by Crippen LogP contribution is -2.40. The maximum absolute atomic E-state index is 15.0. The van der Waals surface area contributed by atoms with Crippen LogP contribution < -0.4 is 10.5 Å². The Labute approximate surface area is 263 Å². The summed E-state index contributed by atoms with van der Waals surface area (Å²) in [6, 6.07) is 7.82. The molecule has 0 atom stereocenters. The number of rotatable bonds is 10. The fourth-order valence-electron chi connectivity index (χ4n) is 4.87. The first kappa shape index (κ1) is 32.4. The molecule has 5 rings (SSSR count). The molecule has 10 nitrogen and oxygen atoms in total. The summed E-state index contributed by atoms with van der Waals surface area (Å²) in [4.78, 5) is 29.3. The molecule has 0 unspecified atom stereocenters. The fraction of sp³-hybridized carbons (Fsp3) is 0.355. The van der Waals surface area contributed by atoms with E-state index >= 15 is 0 Å². The van der Waals surface area contributed by atoms with Gasteiger partial charge in [0, 0.05) is 28.5 Å². The number of amides is 1. The van der Waals surface area contributed by atoms with Gasteiger partial charge in [-0.2, -0.15) is 5.10 Å². The van der Waals surface area contributed by atoms with Gasteiger partial charge in [-0.05, 0) is 88.8 Å². The van der Waals surface area contributed by atoms with Gasteiger partial charge in [-0.1, -0.05) is 6.07 Å². The Balaban J connectivity index is 1.68. The molecule has 2 heterocycles. The van der Waals surface area contributed by atoms with Crippen LogP contribution in [0.25, 0.3) is 16.4 Å². The van der Waals surface area contributed by atoms with E-state index in [9.17, 15) is 26.8 Å². The number of nitrogens with zero attached hydrogens (tertiary/aromatic N) is 3. The van der Waals surface area contributed by atoms with Crippen molar-refractivity contribution in [2.24, 2.45) is 11.1 Å². The SMILES string of the molecule is CCOC(=O)c1csc(-n2nc(-c3ccc(F)c(C(=O)NC(C)(C)C)c3)c(Cc3ccc(S(N)(=O)=O)c(F)c3)c2CC2CC2)n1. The number of halogens is 2. The van der Waals surface area contributed by atoms with Crippen LogP contribution in [0.1, 0.15) is 78.2 Å². The summed E-state index contributed by atoms with van der Waals surface area (Å²) < 4.78 is 60.2. The Bertz CT molecular complexity index is 1890. The molecule has 14 heteroatoms. The van der Waals surface area contributed by atoms with Crippen molar-refractivity contribution < 1.29 is 31.5 Å². The lowest BCUT2D eigenvalue weighted by atomic mass is 9.96. The van der Waals surface area contributed by atoms with E-state index in [0.717, 1.165) is 30.7 Å². The second-order valence-corrected chi connectivity index (χ2v) is 14.3. The highest BCUT2D eigenvalue weighted by molar-refractivity contribution is 7.89. The largest absolute Gasteiger partial charge is 0.461 e. The third-order valence-corrected chi connectivity index (χ3v) is 8.84. The second-order valence-electron chi connectivity index (χ2n) is 12.0. The minimum Gasteiger partial charge on any atom is -0.461 e. The van der Waals surface area contributed by atoms with Gasteiger partial charge in [0.05, 0.1) is 23.6 Å². The Morgan fingerprint density at radius 3 is 2.49 bits per heavy atom. The molecule has 0 spiro atoms. The van der Waals surface area contributed by atoms with Crippen LogP contribution in [0.2, 0.25) is 0 Å². The molecule has 1 saturated carbocycles. The van der Waals surface area contributed by atoms with Crippen LogP contribution in [0.15, 0.2) is 46.7 Å². The van der Waals surface area contributed by atoms with Crippen molar-refractivity contribution in [2.75, 3.05) is 6.61 Å². The lowest BCUT2D eigenvalue weighted by Gasteiger charge is -2.20. The number of primary sulfonamides is 1. The number of sulfonamides is 1. The molecule has 3 N–H and O–H groups in total. The fourth-order valence-corrected chi connectivity index (χ4v) is 6.23. The number of carbonyl (C=O) groups is 2. The number of esters is 1. The molecule has 0 aliphatic heterocycles. The molecule has 1 amide bonds. The Morgan fingerprint density at radius 2 is 1.87 bits per heavy atom. The highest BCUT2D eigenvalue weighted by Gasteiger charge is 2.30. The number of hydrogen-bond donors (Lipinski definition) is 2. The van der Waals surface area contributed by atoms with Gasteiger partial charge in [-0.3, -0.25) is 4.79 Å². The molecule has 45 heavy (non-hydrogen) atoms. The molecular weight excluding hydrogens is 625 g/mol. The van der Waals surface area contributed by atoms with E-state index in [1.807, 2.05) is 0 Å². The zero-order valence-corrected chi connectivity index (χ0v) is 26.8. The van der Waals surface area contributed by atoms with E-state index in [4.69, 9.17) is 15.0 Å². The molecule has 2 aromatic carbocycles. The van der Waals surface area contributed by atoms with Gasteiger partial charge in [0.25, 0.3) is 5.91 Å². The molecule has 0 saturated heterocycles. The first-order valence-electron chi connectivity index (χ1n) is 14.3. The molecule has 1 aliphatic rings. The zero-order chi connectivity index (χ0) is 32.7. The molecule has 0 radical (unpaired) electrons. The van der Waals surface area contributed by atoms with Gasteiger partial charge in [0.1, 0.15) is 16.5 Å². The van der Waals surface area contributed by atoms with Gasteiger partial charge < -0.3 is 10.1 Å². The number of carbonyl (C=O) groups excluding carboxylic acids is 2. The molecule has 1 fully saturated rings. The molecule has 238 valence electrons. The second kappa shape index (κ2) is 12.4. The van der Waals surface area contributed by atoms with Crippen molar-refractivity contribution in [3.8, 4) is 16.4 Å². The monoisotopic (exact) mass is 657 g/mol. The normalized spacial score (nSPS) is 13.6. The third kappa shape index (κ3) is 7.45. The Morgan fingerprint density at radius 1 is 1.13 bits per heavy atom. The van der Waals surface area contributed by atoms with Crippen molar-refractivity contribution in [3.63, 3.8) is 0 Å². The predicted molar refractivity (Wildman–Crippen MR) is 165 cm³/mol. The average molecular weight is 658 g/mol. The van der Waals surface area contributed by atoms with Crippen LogP contribution in [-0.2, 0) is 27.6 Å². The summed E-state index contributed by atoms with van der Waals surface area (Å²) >= 11 is 1.19. The highest BCUT2D eigenvalue weighted by atomic mass is 32.2. The highest BCUT2D eigenvalue weighted by Crippen LogP contribution is 2.38. The van der Waals surface area contributed by atoms with Gasteiger partial charge in [0.2, 0.25) is 15.2 Å². The number of ether oxygens (including phenoxy) is 1. The summed E-state index contributed by atoms with van der Waals surface area (Å²) in [5, 5.41) is 14.8. The quantitative estimate of drug-likeness (QED) is 0.224. The number of nitrogens with two attached hydrogens (primary N) is 1. The maximum Gasteiger partial charge on any atom is 0.357 e. The summed E-state index contributed by atoms with van der Waals surface area (Å²) in [5.41, 5.74) is 2.02.